The van der Waals surface area contributed by atoms with Crippen molar-refractivity contribution in [3.63, 3.8) is 0 Å². The first kappa shape index (κ1) is 15.6. The van der Waals surface area contributed by atoms with Gasteiger partial charge in [-0.3, -0.25) is 0 Å². The standard InChI is InChI=1S/C19H22N2O2/c1-21-13-12-16(14-21)19(18(22)23,15-8-4-2-5-9-15)20-17-10-6-3-7-11-17/h2-11,16,20H,12-14H2,1H3,(H,22,23)/t16-,19?/m1/s1. The van der Waals surface area contributed by atoms with Gasteiger partial charge in [0, 0.05) is 18.2 Å². The zero-order valence-electron chi connectivity index (χ0n) is 13.3. The van der Waals surface area contributed by atoms with Gasteiger partial charge in [0.2, 0.25) is 0 Å². The van der Waals surface area contributed by atoms with Crippen LogP contribution in [0.3, 0.4) is 0 Å². The maximum atomic E-state index is 12.4. The Bertz CT molecular complexity index is 660. The number of aliphatic carboxylic acids is 1. The van der Waals surface area contributed by atoms with Gasteiger partial charge < -0.3 is 15.3 Å². The number of carbonyl (C=O) groups is 1. The van der Waals surface area contributed by atoms with E-state index >= 15 is 0 Å². The zero-order valence-corrected chi connectivity index (χ0v) is 13.3. The summed E-state index contributed by atoms with van der Waals surface area (Å²) in [6.07, 6.45) is 0.859. The predicted molar refractivity (Wildman–Crippen MR) is 91.4 cm³/mol. The van der Waals surface area contributed by atoms with Crippen molar-refractivity contribution in [3.05, 3.63) is 66.2 Å². The van der Waals surface area contributed by atoms with E-state index in [4.69, 9.17) is 0 Å². The van der Waals surface area contributed by atoms with Crippen LogP contribution in [0.25, 0.3) is 0 Å². The molecule has 4 heteroatoms. The molecule has 1 fully saturated rings. The fourth-order valence-corrected chi connectivity index (χ4v) is 3.50. The van der Waals surface area contributed by atoms with Gasteiger partial charge in [-0.25, -0.2) is 4.79 Å². The Kier molecular flexibility index (Phi) is 4.35. The van der Waals surface area contributed by atoms with Crippen molar-refractivity contribution in [2.45, 2.75) is 12.0 Å². The number of hydrogen-bond donors (Lipinski definition) is 2. The second kappa shape index (κ2) is 6.42. The molecule has 2 aromatic rings. The van der Waals surface area contributed by atoms with E-state index in [1.54, 1.807) is 0 Å². The highest BCUT2D eigenvalue weighted by Gasteiger charge is 2.49. The molecule has 0 bridgehead atoms. The summed E-state index contributed by atoms with van der Waals surface area (Å²) in [6, 6.07) is 19.1. The molecule has 1 unspecified atom stereocenters. The van der Waals surface area contributed by atoms with Gasteiger partial charge in [0.15, 0.2) is 5.54 Å². The highest BCUT2D eigenvalue weighted by molar-refractivity contribution is 5.85. The van der Waals surface area contributed by atoms with Crippen molar-refractivity contribution in [3.8, 4) is 0 Å². The van der Waals surface area contributed by atoms with Crippen LogP contribution in [-0.2, 0) is 10.3 Å². The molecule has 0 radical (unpaired) electrons. The smallest absolute Gasteiger partial charge is 0.334 e. The van der Waals surface area contributed by atoms with Crippen LogP contribution in [0.1, 0.15) is 12.0 Å². The maximum absolute atomic E-state index is 12.4. The van der Waals surface area contributed by atoms with E-state index in [9.17, 15) is 9.90 Å². The lowest BCUT2D eigenvalue weighted by Gasteiger charge is -2.37. The molecule has 0 aliphatic carbocycles. The molecular formula is C19H22N2O2. The number of benzene rings is 2. The van der Waals surface area contributed by atoms with Crippen LogP contribution >= 0.6 is 0 Å². The molecule has 0 amide bonds. The Labute approximate surface area is 136 Å². The van der Waals surface area contributed by atoms with Gasteiger partial charge >= 0.3 is 5.97 Å². The molecule has 1 aliphatic heterocycles. The van der Waals surface area contributed by atoms with E-state index in [-0.39, 0.29) is 5.92 Å². The maximum Gasteiger partial charge on any atom is 0.334 e. The van der Waals surface area contributed by atoms with Crippen molar-refractivity contribution < 1.29 is 9.90 Å². The molecule has 23 heavy (non-hydrogen) atoms. The van der Waals surface area contributed by atoms with Crippen LogP contribution in [0.2, 0.25) is 0 Å². The van der Waals surface area contributed by atoms with Gasteiger partial charge in [-0.2, -0.15) is 0 Å². The lowest BCUT2D eigenvalue weighted by atomic mass is 9.77. The molecule has 1 saturated heterocycles. The molecule has 0 saturated carbocycles. The first-order valence-electron chi connectivity index (χ1n) is 7.93. The summed E-state index contributed by atoms with van der Waals surface area (Å²) in [5, 5.41) is 13.5. The summed E-state index contributed by atoms with van der Waals surface area (Å²) in [5.74, 6) is -0.819. The quantitative estimate of drug-likeness (QED) is 0.891. The summed E-state index contributed by atoms with van der Waals surface area (Å²) in [7, 11) is 2.04. The van der Waals surface area contributed by atoms with Gasteiger partial charge in [-0.1, -0.05) is 48.5 Å². The molecular weight excluding hydrogens is 288 g/mol. The molecule has 120 valence electrons. The van der Waals surface area contributed by atoms with Crippen molar-refractivity contribution in [1.29, 1.82) is 0 Å². The predicted octanol–water partition coefficient (Wildman–Crippen LogP) is 3.03. The summed E-state index contributed by atoms with van der Waals surface area (Å²) < 4.78 is 0. The number of rotatable bonds is 5. The number of hydrogen-bond acceptors (Lipinski definition) is 3. The zero-order chi connectivity index (χ0) is 16.3. The fraction of sp³-hybridized carbons (Fsp3) is 0.316. The van der Waals surface area contributed by atoms with Crippen LogP contribution in [0.5, 0.6) is 0 Å². The van der Waals surface area contributed by atoms with Gasteiger partial charge in [-0.05, 0) is 37.7 Å². The topological polar surface area (TPSA) is 52.6 Å². The minimum atomic E-state index is -1.12. The summed E-state index contributed by atoms with van der Waals surface area (Å²) in [6.45, 7) is 1.68. The van der Waals surface area contributed by atoms with Crippen LogP contribution in [0.15, 0.2) is 60.7 Å². The minimum Gasteiger partial charge on any atom is -0.479 e. The summed E-state index contributed by atoms with van der Waals surface area (Å²) >= 11 is 0. The first-order chi connectivity index (χ1) is 11.1. The van der Waals surface area contributed by atoms with Crippen LogP contribution in [-0.4, -0.2) is 36.1 Å². The van der Waals surface area contributed by atoms with Gasteiger partial charge in [-0.15, -0.1) is 0 Å². The molecule has 0 aromatic heterocycles. The average molecular weight is 310 g/mol. The summed E-state index contributed by atoms with van der Waals surface area (Å²) in [5.41, 5.74) is 0.512. The first-order valence-corrected chi connectivity index (χ1v) is 7.93. The number of nitrogens with zero attached hydrogens (tertiary/aromatic N) is 1. The lowest BCUT2D eigenvalue weighted by molar-refractivity contribution is -0.144. The number of carboxylic acids is 1. The van der Waals surface area contributed by atoms with Crippen LogP contribution in [0.4, 0.5) is 5.69 Å². The largest absolute Gasteiger partial charge is 0.479 e. The van der Waals surface area contributed by atoms with Gasteiger partial charge in [0.05, 0.1) is 0 Å². The Balaban J connectivity index is 2.08. The number of likely N-dealkylation sites (tertiary alicyclic amines) is 1. The SMILES string of the molecule is CN1CC[C@@H](C(Nc2ccccc2)(C(=O)O)c2ccccc2)C1. The van der Waals surface area contributed by atoms with Crippen molar-refractivity contribution >= 4 is 11.7 Å². The molecule has 2 atom stereocenters. The second-order valence-electron chi connectivity index (χ2n) is 6.22. The third-order valence-corrected chi connectivity index (χ3v) is 4.69. The number of carboxylic acid groups (broad SMARTS) is 1. The number of anilines is 1. The van der Waals surface area contributed by atoms with Crippen LogP contribution in [0, 0.1) is 5.92 Å². The van der Waals surface area contributed by atoms with E-state index in [1.165, 1.54) is 0 Å². The normalized spacial score (nSPS) is 20.8. The van der Waals surface area contributed by atoms with Gasteiger partial charge in [0.25, 0.3) is 0 Å². The molecule has 4 nitrogen and oxygen atoms in total. The van der Waals surface area contributed by atoms with Crippen molar-refractivity contribution in [1.82, 2.24) is 4.90 Å². The van der Waals surface area contributed by atoms with Crippen LogP contribution < -0.4 is 5.32 Å². The number of para-hydroxylation sites is 1. The molecule has 1 heterocycles. The molecule has 0 spiro atoms. The van der Waals surface area contributed by atoms with Crippen molar-refractivity contribution in [2.75, 3.05) is 25.5 Å². The van der Waals surface area contributed by atoms with Gasteiger partial charge in [0.1, 0.15) is 0 Å². The molecule has 3 rings (SSSR count). The Hall–Kier alpha value is -2.33. The average Bonchev–Trinajstić information content (AvgIpc) is 3.01. The third-order valence-electron chi connectivity index (χ3n) is 4.69. The van der Waals surface area contributed by atoms with E-state index in [0.717, 1.165) is 30.8 Å². The monoisotopic (exact) mass is 310 g/mol. The third kappa shape index (κ3) is 2.94. The Morgan fingerprint density at radius 1 is 1.13 bits per heavy atom. The highest BCUT2D eigenvalue weighted by Crippen LogP contribution is 2.39. The molecule has 2 aromatic carbocycles. The molecule has 2 N–H and O–H groups in total. The lowest BCUT2D eigenvalue weighted by Crippen LogP contribution is -2.50. The van der Waals surface area contributed by atoms with Crippen molar-refractivity contribution in [2.24, 2.45) is 5.92 Å². The van der Waals surface area contributed by atoms with E-state index in [0.29, 0.717) is 0 Å². The second-order valence-corrected chi connectivity index (χ2v) is 6.22. The van der Waals surface area contributed by atoms with E-state index < -0.39 is 11.5 Å². The summed E-state index contributed by atoms with van der Waals surface area (Å²) in [4.78, 5) is 14.6. The Morgan fingerprint density at radius 3 is 2.26 bits per heavy atom. The highest BCUT2D eigenvalue weighted by atomic mass is 16.4. The Morgan fingerprint density at radius 2 is 1.74 bits per heavy atom. The minimum absolute atomic E-state index is 0.00704. The van der Waals surface area contributed by atoms with E-state index in [1.807, 2.05) is 67.7 Å². The number of nitrogens with one attached hydrogen (secondary N) is 1. The molecule has 1 aliphatic rings. The van der Waals surface area contributed by atoms with E-state index in [2.05, 4.69) is 10.2 Å². The fourth-order valence-electron chi connectivity index (χ4n) is 3.50.